The van der Waals surface area contributed by atoms with Crippen molar-refractivity contribution in [2.45, 2.75) is 31.1 Å². The van der Waals surface area contributed by atoms with Gasteiger partial charge in [0.2, 0.25) is 0 Å². The van der Waals surface area contributed by atoms with E-state index in [1.165, 1.54) is 0 Å². The zero-order valence-electron chi connectivity index (χ0n) is 8.24. The maximum atomic E-state index is 11.4. The molecule has 1 heterocycles. The van der Waals surface area contributed by atoms with Crippen LogP contribution in [0.4, 0.5) is 0 Å². The second kappa shape index (κ2) is 3.93. The van der Waals surface area contributed by atoms with Gasteiger partial charge in [-0.05, 0) is 18.9 Å². The minimum atomic E-state index is -0.728. The van der Waals surface area contributed by atoms with E-state index in [2.05, 4.69) is 20.9 Å². The topological polar surface area (TPSA) is 50.2 Å². The average molecular weight is 270 g/mol. The largest absolute Gasteiger partial charge is 0.481 e. The predicted molar refractivity (Wildman–Crippen MR) is 59.7 cm³/mol. The van der Waals surface area contributed by atoms with Crippen molar-refractivity contribution in [1.82, 2.24) is 4.98 Å². The summed E-state index contributed by atoms with van der Waals surface area (Å²) in [6.45, 7) is 0. The molecule has 0 saturated heterocycles. The van der Waals surface area contributed by atoms with Crippen molar-refractivity contribution >= 4 is 21.9 Å². The number of aromatic nitrogens is 1. The molecule has 1 saturated carbocycles. The van der Waals surface area contributed by atoms with Crippen LogP contribution in [0.2, 0.25) is 0 Å². The normalized spacial score (nSPS) is 19.0. The number of carboxylic acids is 1. The summed E-state index contributed by atoms with van der Waals surface area (Å²) in [7, 11) is 0. The lowest BCUT2D eigenvalue weighted by Gasteiger charge is -2.24. The van der Waals surface area contributed by atoms with Gasteiger partial charge in [0.25, 0.3) is 0 Å². The van der Waals surface area contributed by atoms with Crippen LogP contribution in [0.3, 0.4) is 0 Å². The molecule has 0 aliphatic heterocycles. The van der Waals surface area contributed by atoms with Crippen molar-refractivity contribution in [3.63, 3.8) is 0 Å². The first-order valence-corrected chi connectivity index (χ1v) is 5.79. The molecule has 3 nitrogen and oxygen atoms in total. The lowest BCUT2D eigenvalue weighted by atomic mass is 9.80. The Kier molecular flexibility index (Phi) is 2.78. The van der Waals surface area contributed by atoms with Gasteiger partial charge in [-0.3, -0.25) is 9.78 Å². The van der Waals surface area contributed by atoms with Gasteiger partial charge in [0.1, 0.15) is 0 Å². The molecule has 0 radical (unpaired) electrons. The fourth-order valence-electron chi connectivity index (χ4n) is 2.31. The van der Waals surface area contributed by atoms with E-state index in [9.17, 15) is 9.90 Å². The van der Waals surface area contributed by atoms with Gasteiger partial charge in [-0.1, -0.05) is 28.8 Å². The van der Waals surface area contributed by atoms with E-state index in [1.807, 2.05) is 0 Å². The standard InChI is InChI=1S/C11H12BrNO2/c12-9-3-6-13-7-8(9)11(10(14)15)4-1-2-5-11/h3,6-7H,1-2,4-5H2,(H,14,15). The lowest BCUT2D eigenvalue weighted by Crippen LogP contribution is -2.33. The van der Waals surface area contributed by atoms with E-state index in [0.717, 1.165) is 22.9 Å². The molecule has 0 spiro atoms. The van der Waals surface area contributed by atoms with Gasteiger partial charge >= 0.3 is 5.97 Å². The number of nitrogens with zero attached hydrogens (tertiary/aromatic N) is 1. The quantitative estimate of drug-likeness (QED) is 0.898. The fourth-order valence-corrected chi connectivity index (χ4v) is 2.91. The first-order chi connectivity index (χ1) is 7.17. The smallest absolute Gasteiger partial charge is 0.314 e. The first-order valence-electron chi connectivity index (χ1n) is 5.00. The summed E-state index contributed by atoms with van der Waals surface area (Å²) in [5.74, 6) is -0.728. The Hall–Kier alpha value is -0.900. The van der Waals surface area contributed by atoms with E-state index in [4.69, 9.17) is 0 Å². The van der Waals surface area contributed by atoms with Crippen LogP contribution in [0.5, 0.6) is 0 Å². The number of hydrogen-bond acceptors (Lipinski definition) is 2. The van der Waals surface area contributed by atoms with Gasteiger partial charge in [0.15, 0.2) is 0 Å². The monoisotopic (exact) mass is 269 g/mol. The summed E-state index contributed by atoms with van der Waals surface area (Å²) >= 11 is 3.41. The summed E-state index contributed by atoms with van der Waals surface area (Å²) in [6, 6.07) is 1.80. The van der Waals surface area contributed by atoms with E-state index in [-0.39, 0.29) is 0 Å². The zero-order valence-corrected chi connectivity index (χ0v) is 9.83. The minimum Gasteiger partial charge on any atom is -0.481 e. The minimum absolute atomic E-state index is 0.715. The summed E-state index contributed by atoms with van der Waals surface area (Å²) in [4.78, 5) is 15.5. The van der Waals surface area contributed by atoms with Crippen molar-refractivity contribution in [1.29, 1.82) is 0 Å². The molecule has 4 heteroatoms. The number of hydrogen-bond donors (Lipinski definition) is 1. The van der Waals surface area contributed by atoms with Crippen LogP contribution in [0.15, 0.2) is 22.9 Å². The van der Waals surface area contributed by atoms with Gasteiger partial charge < -0.3 is 5.11 Å². The maximum absolute atomic E-state index is 11.4. The van der Waals surface area contributed by atoms with Crippen molar-refractivity contribution in [2.75, 3.05) is 0 Å². The van der Waals surface area contributed by atoms with E-state index in [0.29, 0.717) is 12.8 Å². The fraction of sp³-hybridized carbons (Fsp3) is 0.455. The Morgan fingerprint density at radius 2 is 2.13 bits per heavy atom. The highest BCUT2D eigenvalue weighted by Gasteiger charge is 2.44. The first kappa shape index (κ1) is 10.6. The number of carbonyl (C=O) groups is 1. The highest BCUT2D eigenvalue weighted by molar-refractivity contribution is 9.10. The Morgan fingerprint density at radius 3 is 2.67 bits per heavy atom. The Morgan fingerprint density at radius 1 is 1.47 bits per heavy atom. The SMILES string of the molecule is O=C(O)C1(c2cnccc2Br)CCCC1. The summed E-state index contributed by atoms with van der Waals surface area (Å²) in [6.07, 6.45) is 6.72. The third-order valence-corrected chi connectivity index (χ3v) is 3.84. The molecule has 1 fully saturated rings. The van der Waals surface area contributed by atoms with Crippen LogP contribution in [-0.4, -0.2) is 16.1 Å². The summed E-state index contributed by atoms with van der Waals surface area (Å²) in [5.41, 5.74) is 0.0996. The van der Waals surface area contributed by atoms with E-state index >= 15 is 0 Å². The summed E-state index contributed by atoms with van der Waals surface area (Å²) in [5, 5.41) is 9.39. The highest BCUT2D eigenvalue weighted by Crippen LogP contribution is 2.43. The average Bonchev–Trinajstić information content (AvgIpc) is 2.68. The van der Waals surface area contributed by atoms with Gasteiger partial charge in [0.05, 0.1) is 5.41 Å². The van der Waals surface area contributed by atoms with Gasteiger partial charge in [-0.25, -0.2) is 0 Å². The van der Waals surface area contributed by atoms with E-state index < -0.39 is 11.4 Å². The molecule has 1 aromatic rings. The Bertz CT molecular complexity index is 386. The van der Waals surface area contributed by atoms with E-state index in [1.54, 1.807) is 18.5 Å². The predicted octanol–water partition coefficient (Wildman–Crippen LogP) is 2.74. The van der Waals surface area contributed by atoms with Gasteiger partial charge in [0, 0.05) is 22.4 Å². The molecular weight excluding hydrogens is 258 g/mol. The summed E-state index contributed by atoms with van der Waals surface area (Å²) < 4.78 is 0.849. The molecule has 0 unspecified atom stereocenters. The second-order valence-corrected chi connectivity index (χ2v) is 4.80. The van der Waals surface area contributed by atoms with Gasteiger partial charge in [-0.15, -0.1) is 0 Å². The van der Waals surface area contributed by atoms with Crippen LogP contribution < -0.4 is 0 Å². The van der Waals surface area contributed by atoms with Crippen LogP contribution >= 0.6 is 15.9 Å². The molecule has 0 aromatic carbocycles. The molecule has 2 rings (SSSR count). The van der Waals surface area contributed by atoms with Crippen molar-refractivity contribution in [3.8, 4) is 0 Å². The molecule has 1 aliphatic carbocycles. The van der Waals surface area contributed by atoms with Crippen molar-refractivity contribution in [3.05, 3.63) is 28.5 Å². The molecule has 15 heavy (non-hydrogen) atoms. The molecule has 0 amide bonds. The second-order valence-electron chi connectivity index (χ2n) is 3.95. The van der Waals surface area contributed by atoms with Crippen LogP contribution in [-0.2, 0) is 10.2 Å². The van der Waals surface area contributed by atoms with Crippen molar-refractivity contribution in [2.24, 2.45) is 0 Å². The Balaban J connectivity index is 2.50. The molecular formula is C11H12BrNO2. The van der Waals surface area contributed by atoms with Gasteiger partial charge in [-0.2, -0.15) is 0 Å². The third-order valence-electron chi connectivity index (χ3n) is 3.15. The molecule has 1 N–H and O–H groups in total. The highest BCUT2D eigenvalue weighted by atomic mass is 79.9. The lowest BCUT2D eigenvalue weighted by molar-refractivity contribution is -0.143. The number of carboxylic acid groups (broad SMARTS) is 1. The number of aliphatic carboxylic acids is 1. The maximum Gasteiger partial charge on any atom is 0.314 e. The zero-order chi connectivity index (χ0) is 10.9. The molecule has 80 valence electrons. The van der Waals surface area contributed by atoms with Crippen LogP contribution in [0.25, 0.3) is 0 Å². The number of rotatable bonds is 2. The van der Waals surface area contributed by atoms with Crippen LogP contribution in [0.1, 0.15) is 31.2 Å². The molecule has 1 aliphatic rings. The number of halogens is 1. The third kappa shape index (κ3) is 1.67. The van der Waals surface area contributed by atoms with Crippen LogP contribution in [0, 0.1) is 0 Å². The molecule has 0 bridgehead atoms. The van der Waals surface area contributed by atoms with Crippen molar-refractivity contribution < 1.29 is 9.90 Å². The Labute approximate surface area is 96.7 Å². The molecule has 0 atom stereocenters. The molecule has 1 aromatic heterocycles. The number of pyridine rings is 1.